The van der Waals surface area contributed by atoms with Gasteiger partial charge >= 0.3 is 0 Å². The van der Waals surface area contributed by atoms with E-state index in [0.717, 1.165) is 23.4 Å². The number of hydrogen-bond donors (Lipinski definition) is 3. The van der Waals surface area contributed by atoms with Crippen LogP contribution in [-0.2, 0) is 21.3 Å². The van der Waals surface area contributed by atoms with E-state index in [1.165, 1.54) is 18.2 Å². The minimum Gasteiger partial charge on any atom is -0.383 e. The van der Waals surface area contributed by atoms with Crippen molar-refractivity contribution in [1.82, 2.24) is 14.8 Å². The number of nitrogens with one attached hydrogen (secondary N) is 2. The molecule has 3 heterocycles. The Bertz CT molecular complexity index is 1930. The second-order valence-corrected chi connectivity index (χ2v) is 11.8. The van der Waals surface area contributed by atoms with Gasteiger partial charge in [-0.05, 0) is 42.8 Å². The Balaban J connectivity index is 1.41. The third kappa shape index (κ3) is 5.02. The van der Waals surface area contributed by atoms with Gasteiger partial charge in [0.15, 0.2) is 0 Å². The second-order valence-electron chi connectivity index (χ2n) is 9.75. The number of anilines is 3. The van der Waals surface area contributed by atoms with E-state index < -0.39 is 27.3 Å². The number of nitrogens with two attached hydrogens (primary N) is 1. The van der Waals surface area contributed by atoms with Gasteiger partial charge in [-0.2, -0.15) is 5.10 Å². The van der Waals surface area contributed by atoms with Crippen LogP contribution in [-0.4, -0.2) is 42.4 Å². The maximum absolute atomic E-state index is 15.6. The third-order valence-corrected chi connectivity index (χ3v) is 8.85. The molecule has 0 saturated carbocycles. The Hall–Kier alpha value is -4.26. The van der Waals surface area contributed by atoms with Crippen LogP contribution in [0.15, 0.2) is 71.8 Å². The van der Waals surface area contributed by atoms with Crippen molar-refractivity contribution in [3.05, 3.63) is 83.5 Å². The Labute approximate surface area is 245 Å². The Morgan fingerprint density at radius 1 is 1.07 bits per heavy atom. The van der Waals surface area contributed by atoms with E-state index in [2.05, 4.69) is 20.1 Å². The first kappa shape index (κ1) is 27.9. The first-order valence-corrected chi connectivity index (χ1v) is 14.9. The van der Waals surface area contributed by atoms with Crippen molar-refractivity contribution < 1.29 is 21.9 Å². The van der Waals surface area contributed by atoms with Crippen LogP contribution in [0.25, 0.3) is 33.3 Å². The first-order chi connectivity index (χ1) is 20.2. The lowest BCUT2D eigenvalue weighted by Gasteiger charge is -2.27. The molecular weight excluding hydrogens is 586 g/mol. The highest BCUT2D eigenvalue weighted by atomic mass is 35.5. The van der Waals surface area contributed by atoms with Gasteiger partial charge in [-0.1, -0.05) is 35.9 Å². The normalized spacial score (nSPS) is 13.7. The van der Waals surface area contributed by atoms with Gasteiger partial charge < -0.3 is 15.8 Å². The highest BCUT2D eigenvalue weighted by molar-refractivity contribution is 7.92. The first-order valence-electron chi connectivity index (χ1n) is 13.0. The zero-order valence-electron chi connectivity index (χ0n) is 22.2. The maximum Gasteiger partial charge on any atom is 0.263 e. The van der Waals surface area contributed by atoms with Crippen molar-refractivity contribution in [2.75, 3.05) is 29.0 Å². The molecule has 0 radical (unpaired) electrons. The molecule has 42 heavy (non-hydrogen) atoms. The number of sulfonamides is 1. The number of aryl methyl sites for hydroxylation is 1. The van der Waals surface area contributed by atoms with Crippen molar-refractivity contribution >= 4 is 49.7 Å². The third-order valence-electron chi connectivity index (χ3n) is 6.98. The fraction of sp³-hybridized carbons (Fsp3) is 0.172. The van der Waals surface area contributed by atoms with Crippen LogP contribution >= 0.6 is 11.6 Å². The number of fused-ring (bicyclic) bond motifs is 1. The summed E-state index contributed by atoms with van der Waals surface area (Å²) in [5, 5.41) is 8.26. The topological polar surface area (TPSA) is 124 Å². The van der Waals surface area contributed by atoms with E-state index in [4.69, 9.17) is 22.1 Å². The lowest BCUT2D eigenvalue weighted by atomic mass is 10.0. The second kappa shape index (κ2) is 10.9. The molecule has 0 unspecified atom stereocenters. The summed E-state index contributed by atoms with van der Waals surface area (Å²) in [4.78, 5) is 4.07. The largest absolute Gasteiger partial charge is 0.383 e. The highest BCUT2D eigenvalue weighted by Crippen LogP contribution is 2.39. The number of aromatic nitrogens is 3. The molecule has 0 bridgehead atoms. The molecule has 4 N–H and O–H groups in total. The average Bonchev–Trinajstić information content (AvgIpc) is 3.34. The molecule has 216 valence electrons. The van der Waals surface area contributed by atoms with Gasteiger partial charge in [0.1, 0.15) is 28.0 Å². The Morgan fingerprint density at radius 3 is 2.48 bits per heavy atom. The molecule has 1 fully saturated rings. The summed E-state index contributed by atoms with van der Waals surface area (Å²) >= 11 is 6.01. The fourth-order valence-electron chi connectivity index (χ4n) is 4.84. The van der Waals surface area contributed by atoms with Crippen LogP contribution in [0.3, 0.4) is 0 Å². The highest BCUT2D eigenvalue weighted by Gasteiger charge is 2.25. The Morgan fingerprint density at radius 2 is 1.81 bits per heavy atom. The van der Waals surface area contributed by atoms with E-state index in [1.54, 1.807) is 16.9 Å². The van der Waals surface area contributed by atoms with Crippen molar-refractivity contribution in [2.24, 2.45) is 0 Å². The standard InChI is InChI=1S/C29H25ClF2N6O3S/c1-2-38-28-20(16-7-9-17(10-8-16)35-18-14-41-15-18)13-34-29(33)26(28)27(36-38)19-11-23(32)24(12-22(19)31)37-42(39,40)25-6-4-3-5-21(25)30/h3-13,18,35,37H,2,14-15H2,1H3,(H2,33,34). The van der Waals surface area contributed by atoms with E-state index in [-0.39, 0.29) is 33.0 Å². The number of rotatable bonds is 8. The zero-order chi connectivity index (χ0) is 29.6. The molecule has 13 heteroatoms. The SMILES string of the molecule is CCn1nc(-c2cc(F)c(NS(=O)(=O)c3ccccc3Cl)cc2F)c2c(N)ncc(-c3ccc(NC4COC4)cc3)c21. The average molecular weight is 611 g/mol. The van der Waals surface area contributed by atoms with E-state index >= 15 is 8.78 Å². The lowest BCUT2D eigenvalue weighted by molar-refractivity contribution is 0.0211. The summed E-state index contributed by atoms with van der Waals surface area (Å²) in [6.45, 7) is 3.60. The monoisotopic (exact) mass is 610 g/mol. The van der Waals surface area contributed by atoms with E-state index in [9.17, 15) is 8.42 Å². The molecule has 0 atom stereocenters. The van der Waals surface area contributed by atoms with Gasteiger partial charge in [0, 0.05) is 35.6 Å². The molecule has 9 nitrogen and oxygen atoms in total. The van der Waals surface area contributed by atoms with Gasteiger partial charge in [-0.3, -0.25) is 9.40 Å². The predicted molar refractivity (Wildman–Crippen MR) is 159 cm³/mol. The van der Waals surface area contributed by atoms with E-state index in [1.807, 2.05) is 31.2 Å². The minimum atomic E-state index is -4.30. The smallest absolute Gasteiger partial charge is 0.263 e. The summed E-state index contributed by atoms with van der Waals surface area (Å²) in [5.74, 6) is -1.82. The van der Waals surface area contributed by atoms with Gasteiger partial charge in [-0.15, -0.1) is 0 Å². The van der Waals surface area contributed by atoms with Gasteiger partial charge in [0.2, 0.25) is 0 Å². The van der Waals surface area contributed by atoms with Gasteiger partial charge in [0.05, 0.1) is 40.9 Å². The van der Waals surface area contributed by atoms with Crippen molar-refractivity contribution in [1.29, 1.82) is 0 Å². The number of hydrogen-bond acceptors (Lipinski definition) is 7. The summed E-state index contributed by atoms with van der Waals surface area (Å²) < 4.78 is 65.5. The fourth-order valence-corrected chi connectivity index (χ4v) is 6.42. The van der Waals surface area contributed by atoms with Crippen molar-refractivity contribution in [2.45, 2.75) is 24.4 Å². The number of pyridine rings is 1. The quantitative estimate of drug-likeness (QED) is 0.199. The molecule has 0 amide bonds. The lowest BCUT2D eigenvalue weighted by Crippen LogP contribution is -2.40. The molecule has 3 aromatic carbocycles. The van der Waals surface area contributed by atoms with Crippen LogP contribution in [0.1, 0.15) is 6.92 Å². The zero-order valence-corrected chi connectivity index (χ0v) is 23.8. The number of ether oxygens (including phenoxy) is 1. The summed E-state index contributed by atoms with van der Waals surface area (Å²) in [6.07, 6.45) is 1.63. The molecule has 1 saturated heterocycles. The predicted octanol–water partition coefficient (Wildman–Crippen LogP) is 5.91. The summed E-state index contributed by atoms with van der Waals surface area (Å²) in [7, 11) is -4.30. The minimum absolute atomic E-state index is 0.0586. The number of halogens is 3. The molecule has 0 spiro atoms. The van der Waals surface area contributed by atoms with Crippen LogP contribution < -0.4 is 15.8 Å². The van der Waals surface area contributed by atoms with Crippen molar-refractivity contribution in [3.63, 3.8) is 0 Å². The summed E-state index contributed by atoms with van der Waals surface area (Å²) in [6, 6.07) is 15.4. The molecular formula is C29H25ClF2N6O3S. The molecule has 1 aliphatic rings. The van der Waals surface area contributed by atoms with Crippen LogP contribution in [0, 0.1) is 11.6 Å². The van der Waals surface area contributed by atoms with Crippen LogP contribution in [0.2, 0.25) is 5.02 Å². The Kier molecular flexibility index (Phi) is 7.21. The van der Waals surface area contributed by atoms with Gasteiger partial charge in [-0.25, -0.2) is 22.2 Å². The molecule has 5 aromatic rings. The number of benzene rings is 3. The molecule has 6 rings (SSSR count). The number of nitrogen functional groups attached to an aromatic ring is 1. The molecule has 2 aromatic heterocycles. The van der Waals surface area contributed by atoms with Crippen LogP contribution in [0.5, 0.6) is 0 Å². The van der Waals surface area contributed by atoms with Crippen molar-refractivity contribution in [3.8, 4) is 22.4 Å². The van der Waals surface area contributed by atoms with Crippen LogP contribution in [0.4, 0.5) is 26.0 Å². The molecule has 1 aliphatic heterocycles. The summed E-state index contributed by atoms with van der Waals surface area (Å²) in [5.41, 5.74) is 8.69. The molecule has 0 aliphatic carbocycles. The van der Waals surface area contributed by atoms with Gasteiger partial charge in [0.25, 0.3) is 10.0 Å². The van der Waals surface area contributed by atoms with E-state index in [0.29, 0.717) is 36.2 Å². The maximum atomic E-state index is 15.6. The number of nitrogens with zero attached hydrogens (tertiary/aromatic N) is 3.